The Kier molecular flexibility index (Phi) is 5.39. The van der Waals surface area contributed by atoms with Crippen molar-refractivity contribution in [3.8, 4) is 0 Å². The minimum Gasteiger partial charge on any atom is -0.481 e. The lowest BCUT2D eigenvalue weighted by molar-refractivity contribution is -0.142. The smallest absolute Gasteiger partial charge is 0.391 e. The summed E-state index contributed by atoms with van der Waals surface area (Å²) in [6.45, 7) is 1.34. The molecule has 0 aliphatic carbocycles. The third-order valence-electron chi connectivity index (χ3n) is 2.87. The number of carboxylic acids is 1. The summed E-state index contributed by atoms with van der Waals surface area (Å²) in [6.07, 6.45) is -6.23. The number of hydrogen-bond acceptors (Lipinski definition) is 3. The zero-order valence-corrected chi connectivity index (χ0v) is 11.2. The van der Waals surface area contributed by atoms with Gasteiger partial charge in [0.15, 0.2) is 0 Å². The fourth-order valence-corrected chi connectivity index (χ4v) is 2.02. The summed E-state index contributed by atoms with van der Waals surface area (Å²) < 4.78 is 36.6. The van der Waals surface area contributed by atoms with Gasteiger partial charge >= 0.3 is 18.2 Å². The molecule has 0 aromatic carbocycles. The van der Waals surface area contributed by atoms with Gasteiger partial charge in [0.05, 0.1) is 12.8 Å². The molecule has 2 atom stereocenters. The second-order valence-electron chi connectivity index (χ2n) is 4.77. The van der Waals surface area contributed by atoms with Gasteiger partial charge in [0.1, 0.15) is 6.04 Å². The van der Waals surface area contributed by atoms with Crippen LogP contribution in [0.1, 0.15) is 19.8 Å². The molecule has 1 heterocycles. The number of alkyl halides is 3. The minimum atomic E-state index is -4.42. The van der Waals surface area contributed by atoms with E-state index in [1.54, 1.807) is 0 Å². The van der Waals surface area contributed by atoms with Crippen molar-refractivity contribution < 1.29 is 32.7 Å². The second kappa shape index (κ2) is 6.64. The summed E-state index contributed by atoms with van der Waals surface area (Å²) in [7, 11) is 0. The van der Waals surface area contributed by atoms with Crippen LogP contribution in [0.4, 0.5) is 18.0 Å². The van der Waals surface area contributed by atoms with Crippen molar-refractivity contribution in [1.82, 2.24) is 15.5 Å². The van der Waals surface area contributed by atoms with Crippen LogP contribution in [0.25, 0.3) is 0 Å². The Hall–Kier alpha value is -2.00. The van der Waals surface area contributed by atoms with Gasteiger partial charge in [-0.2, -0.15) is 13.2 Å². The van der Waals surface area contributed by atoms with E-state index in [4.69, 9.17) is 5.11 Å². The summed E-state index contributed by atoms with van der Waals surface area (Å²) in [5.41, 5.74) is 0. The molecular formula is C11H16F3N3O4. The number of hydrogen-bond donors (Lipinski definition) is 3. The van der Waals surface area contributed by atoms with Crippen LogP contribution in [-0.2, 0) is 9.59 Å². The Labute approximate surface area is 118 Å². The highest BCUT2D eigenvalue weighted by Crippen LogP contribution is 2.21. The van der Waals surface area contributed by atoms with E-state index in [1.165, 1.54) is 6.92 Å². The number of rotatable bonds is 4. The summed E-state index contributed by atoms with van der Waals surface area (Å²) in [6, 6.07) is -3.28. The summed E-state index contributed by atoms with van der Waals surface area (Å²) >= 11 is 0. The molecule has 0 aromatic heterocycles. The zero-order valence-electron chi connectivity index (χ0n) is 11.2. The molecule has 3 N–H and O–H groups in total. The van der Waals surface area contributed by atoms with Crippen LogP contribution in [0.3, 0.4) is 0 Å². The van der Waals surface area contributed by atoms with Crippen LogP contribution in [0.5, 0.6) is 0 Å². The zero-order chi connectivity index (χ0) is 16.2. The largest absolute Gasteiger partial charge is 0.481 e. The number of urea groups is 1. The predicted molar refractivity (Wildman–Crippen MR) is 64.4 cm³/mol. The lowest BCUT2D eigenvalue weighted by Crippen LogP contribution is -2.60. The first kappa shape index (κ1) is 17.1. The molecule has 0 radical (unpaired) electrons. The van der Waals surface area contributed by atoms with E-state index in [9.17, 15) is 27.6 Å². The second-order valence-corrected chi connectivity index (χ2v) is 4.77. The van der Waals surface area contributed by atoms with Gasteiger partial charge in [-0.25, -0.2) is 4.79 Å². The maximum atomic E-state index is 12.2. The molecule has 0 bridgehead atoms. The number of amides is 3. The van der Waals surface area contributed by atoms with Gasteiger partial charge in [-0.3, -0.25) is 9.59 Å². The van der Waals surface area contributed by atoms with Crippen LogP contribution < -0.4 is 10.6 Å². The Morgan fingerprint density at radius 1 is 1.52 bits per heavy atom. The van der Waals surface area contributed by atoms with Crippen molar-refractivity contribution in [2.75, 3.05) is 13.1 Å². The number of nitrogens with one attached hydrogen (secondary N) is 2. The highest BCUT2D eigenvalue weighted by molar-refractivity contribution is 5.91. The summed E-state index contributed by atoms with van der Waals surface area (Å²) in [4.78, 5) is 35.1. The monoisotopic (exact) mass is 311 g/mol. The molecule has 0 aromatic rings. The van der Waals surface area contributed by atoms with Gasteiger partial charge in [0, 0.05) is 19.1 Å². The Morgan fingerprint density at radius 3 is 2.67 bits per heavy atom. The van der Waals surface area contributed by atoms with Gasteiger partial charge in [0.25, 0.3) is 0 Å². The quantitative estimate of drug-likeness (QED) is 0.696. The molecule has 2 unspecified atom stereocenters. The van der Waals surface area contributed by atoms with Crippen LogP contribution in [0, 0.1) is 0 Å². The van der Waals surface area contributed by atoms with Gasteiger partial charge < -0.3 is 20.6 Å². The molecule has 1 fully saturated rings. The fourth-order valence-electron chi connectivity index (χ4n) is 2.02. The van der Waals surface area contributed by atoms with E-state index in [1.807, 2.05) is 0 Å². The van der Waals surface area contributed by atoms with Crippen LogP contribution in [0.15, 0.2) is 0 Å². The van der Waals surface area contributed by atoms with Gasteiger partial charge in [-0.1, -0.05) is 0 Å². The number of carbonyl (C=O) groups excluding carboxylic acids is 2. The van der Waals surface area contributed by atoms with Crippen molar-refractivity contribution in [3.05, 3.63) is 0 Å². The fraction of sp³-hybridized carbons (Fsp3) is 0.727. The third-order valence-corrected chi connectivity index (χ3v) is 2.87. The van der Waals surface area contributed by atoms with E-state index in [2.05, 4.69) is 10.6 Å². The lowest BCUT2D eigenvalue weighted by atomic mass is 10.1. The molecule has 120 valence electrons. The first-order chi connectivity index (χ1) is 9.60. The first-order valence-electron chi connectivity index (χ1n) is 6.23. The molecule has 7 nitrogen and oxygen atoms in total. The average Bonchev–Trinajstić information content (AvgIpc) is 2.28. The third kappa shape index (κ3) is 5.48. The van der Waals surface area contributed by atoms with Crippen molar-refractivity contribution in [1.29, 1.82) is 0 Å². The van der Waals surface area contributed by atoms with Crippen molar-refractivity contribution in [2.45, 2.75) is 38.0 Å². The van der Waals surface area contributed by atoms with Crippen LogP contribution >= 0.6 is 0 Å². The van der Waals surface area contributed by atoms with Crippen molar-refractivity contribution in [2.24, 2.45) is 0 Å². The molecule has 0 saturated carbocycles. The maximum absolute atomic E-state index is 12.2. The molecule has 3 amide bonds. The normalized spacial score (nSPS) is 20.7. The minimum absolute atomic E-state index is 0.0360. The highest BCUT2D eigenvalue weighted by Gasteiger charge is 2.36. The van der Waals surface area contributed by atoms with E-state index < -0.39 is 49.0 Å². The summed E-state index contributed by atoms with van der Waals surface area (Å²) in [5.74, 6) is -1.92. The SMILES string of the molecule is CC(CC(F)(F)F)NC(=O)N1CCNC(=O)C1CC(=O)O. The molecule has 0 spiro atoms. The number of nitrogens with zero attached hydrogens (tertiary/aromatic N) is 1. The van der Waals surface area contributed by atoms with Gasteiger partial charge in [-0.15, -0.1) is 0 Å². The standard InChI is InChI=1S/C11H16F3N3O4/c1-6(5-11(12,13)14)16-10(21)17-3-2-15-9(20)7(17)4-8(18)19/h6-7H,2-5H2,1H3,(H,15,20)(H,16,21)(H,18,19). The Morgan fingerprint density at radius 2 is 2.14 bits per heavy atom. The molecule has 1 aliphatic heterocycles. The molecular weight excluding hydrogens is 295 g/mol. The number of halogens is 3. The topological polar surface area (TPSA) is 98.7 Å². The Bertz CT molecular complexity index is 427. The van der Waals surface area contributed by atoms with E-state index in [0.29, 0.717) is 0 Å². The highest BCUT2D eigenvalue weighted by atomic mass is 19.4. The first-order valence-corrected chi connectivity index (χ1v) is 6.23. The molecule has 1 saturated heterocycles. The lowest BCUT2D eigenvalue weighted by Gasteiger charge is -2.35. The van der Waals surface area contributed by atoms with E-state index in [-0.39, 0.29) is 13.1 Å². The number of carboxylic acid groups (broad SMARTS) is 1. The summed E-state index contributed by atoms with van der Waals surface area (Å²) in [5, 5.41) is 13.3. The van der Waals surface area contributed by atoms with Gasteiger partial charge in [0.2, 0.25) is 5.91 Å². The van der Waals surface area contributed by atoms with Crippen molar-refractivity contribution >= 4 is 17.9 Å². The van der Waals surface area contributed by atoms with E-state index >= 15 is 0 Å². The molecule has 10 heteroatoms. The number of carbonyl (C=O) groups is 3. The molecule has 21 heavy (non-hydrogen) atoms. The number of aliphatic carboxylic acids is 1. The van der Waals surface area contributed by atoms with Crippen molar-refractivity contribution in [3.63, 3.8) is 0 Å². The maximum Gasteiger partial charge on any atom is 0.391 e. The molecule has 1 rings (SSSR count). The predicted octanol–water partition coefficient (Wildman–Crippen LogP) is 0.312. The molecule has 1 aliphatic rings. The Balaban J connectivity index is 2.69. The van der Waals surface area contributed by atoms with Crippen LogP contribution in [-0.4, -0.2) is 59.3 Å². The average molecular weight is 311 g/mol. The van der Waals surface area contributed by atoms with E-state index in [0.717, 1.165) is 4.90 Å². The number of piperazine rings is 1. The van der Waals surface area contributed by atoms with Crippen LogP contribution in [0.2, 0.25) is 0 Å². The van der Waals surface area contributed by atoms with Gasteiger partial charge in [-0.05, 0) is 6.92 Å².